The molecular weight excluding hydrogens is 356 g/mol. The lowest BCUT2D eigenvalue weighted by atomic mass is 10.3. The lowest BCUT2D eigenvalue weighted by Gasteiger charge is -2.27. The first kappa shape index (κ1) is 20.6. The van der Waals surface area contributed by atoms with Crippen LogP contribution in [-0.4, -0.2) is 117 Å². The minimum Gasteiger partial charge on any atom is -0.394 e. The number of hydrogen-bond donors (Lipinski definition) is 6. The van der Waals surface area contributed by atoms with Crippen LogP contribution in [-0.2, 0) is 0 Å². The van der Waals surface area contributed by atoms with E-state index in [1.807, 2.05) is 33.9 Å². The van der Waals surface area contributed by atoms with Gasteiger partial charge in [-0.15, -0.1) is 0 Å². The molecule has 2 heterocycles. The van der Waals surface area contributed by atoms with E-state index >= 15 is 0 Å². The normalized spacial score (nSPS) is 30.2. The third-order valence-electron chi connectivity index (χ3n) is 3.66. The van der Waals surface area contributed by atoms with Crippen LogP contribution < -0.4 is 10.9 Å². The van der Waals surface area contributed by atoms with Crippen molar-refractivity contribution >= 4 is 21.6 Å². The molecular formula is C12H28N6O4S2. The van der Waals surface area contributed by atoms with Gasteiger partial charge in [0.15, 0.2) is 0 Å². The van der Waals surface area contributed by atoms with Gasteiger partial charge in [-0.05, 0) is 0 Å². The fourth-order valence-corrected chi connectivity index (χ4v) is 5.37. The Balaban J connectivity index is 1.85. The molecule has 4 atom stereocenters. The van der Waals surface area contributed by atoms with Crippen molar-refractivity contribution in [3.63, 3.8) is 0 Å². The maximum absolute atomic E-state index is 9.67. The Morgan fingerprint density at radius 1 is 0.875 bits per heavy atom. The molecule has 0 aromatic carbocycles. The molecule has 0 aromatic rings. The average molecular weight is 385 g/mol. The fraction of sp³-hybridized carbons (Fsp3) is 1.00. The number of hydrogen-bond acceptors (Lipinski definition) is 12. The van der Waals surface area contributed by atoms with Gasteiger partial charge in [-0.3, -0.25) is 9.80 Å². The summed E-state index contributed by atoms with van der Waals surface area (Å²) in [7, 11) is 7.07. The Labute approximate surface area is 150 Å². The van der Waals surface area contributed by atoms with E-state index in [1.54, 1.807) is 21.6 Å². The predicted octanol–water partition coefficient (Wildman–Crippen LogP) is -2.94. The Bertz CT molecular complexity index is 353. The van der Waals surface area contributed by atoms with Crippen LogP contribution in [0.25, 0.3) is 0 Å². The van der Waals surface area contributed by atoms with Gasteiger partial charge in [-0.2, -0.15) is 0 Å². The number of β-amino-alcohol motifs (C(OH)–C–C–N with tert-alkyl or cyclic N) is 2. The van der Waals surface area contributed by atoms with Gasteiger partial charge < -0.3 is 20.4 Å². The van der Waals surface area contributed by atoms with Gasteiger partial charge in [0.1, 0.15) is 11.0 Å². The highest BCUT2D eigenvalue weighted by Gasteiger charge is 2.34. The van der Waals surface area contributed by atoms with E-state index < -0.39 is 12.2 Å². The monoisotopic (exact) mass is 384 g/mol. The summed E-state index contributed by atoms with van der Waals surface area (Å²) in [4.78, 5) is 4.09. The number of hydrazine groups is 2. The molecule has 0 aliphatic carbocycles. The molecule has 12 heteroatoms. The maximum atomic E-state index is 9.67. The van der Waals surface area contributed by atoms with E-state index in [4.69, 9.17) is 10.2 Å². The van der Waals surface area contributed by atoms with Gasteiger partial charge in [0.05, 0.1) is 38.8 Å². The average Bonchev–Trinajstić information content (AvgIpc) is 3.06. The van der Waals surface area contributed by atoms with E-state index in [0.717, 1.165) is 0 Å². The van der Waals surface area contributed by atoms with Gasteiger partial charge in [0, 0.05) is 27.2 Å². The van der Waals surface area contributed by atoms with Crippen LogP contribution in [0.5, 0.6) is 0 Å². The highest BCUT2D eigenvalue weighted by Crippen LogP contribution is 2.35. The number of rotatable bonds is 9. The van der Waals surface area contributed by atoms with E-state index in [1.165, 1.54) is 0 Å². The number of aliphatic hydroxyl groups excluding tert-OH is 4. The molecule has 2 rings (SSSR count). The van der Waals surface area contributed by atoms with Gasteiger partial charge in [-0.25, -0.2) is 20.9 Å². The molecule has 6 N–H and O–H groups in total. The molecule has 4 unspecified atom stereocenters. The van der Waals surface area contributed by atoms with Crippen molar-refractivity contribution < 1.29 is 20.4 Å². The summed E-state index contributed by atoms with van der Waals surface area (Å²) < 4.78 is 0. The van der Waals surface area contributed by atoms with Crippen molar-refractivity contribution in [1.82, 2.24) is 30.7 Å². The summed E-state index contributed by atoms with van der Waals surface area (Å²) in [6.45, 7) is 1.56. The first-order valence-electron chi connectivity index (χ1n) is 7.75. The number of nitrogens with zero attached hydrogens (tertiary/aromatic N) is 4. The zero-order valence-corrected chi connectivity index (χ0v) is 15.6. The van der Waals surface area contributed by atoms with Crippen molar-refractivity contribution in [2.24, 2.45) is 0 Å². The van der Waals surface area contributed by atoms with Crippen LogP contribution in [0.1, 0.15) is 0 Å². The summed E-state index contributed by atoms with van der Waals surface area (Å²) >= 11 is 0. The van der Waals surface area contributed by atoms with Crippen LogP contribution in [0, 0.1) is 0 Å². The molecule has 2 aliphatic rings. The summed E-state index contributed by atoms with van der Waals surface area (Å²) in [5.74, 6) is 0. The number of aliphatic hydroxyl groups is 4. The molecule has 0 aromatic heterocycles. The van der Waals surface area contributed by atoms with Gasteiger partial charge in [0.25, 0.3) is 0 Å². The van der Waals surface area contributed by atoms with Crippen LogP contribution in [0.15, 0.2) is 0 Å². The first-order valence-corrected chi connectivity index (χ1v) is 10.0. The van der Waals surface area contributed by atoms with Crippen molar-refractivity contribution in [1.29, 1.82) is 0 Å². The molecule has 0 bridgehead atoms. The van der Waals surface area contributed by atoms with Crippen molar-refractivity contribution in [2.45, 2.75) is 23.2 Å². The zero-order chi connectivity index (χ0) is 17.7. The Morgan fingerprint density at radius 2 is 1.25 bits per heavy atom. The Morgan fingerprint density at radius 3 is 1.58 bits per heavy atom. The second-order valence-corrected chi connectivity index (χ2v) is 8.48. The van der Waals surface area contributed by atoms with Crippen LogP contribution in [0.4, 0.5) is 0 Å². The van der Waals surface area contributed by atoms with E-state index in [-0.39, 0.29) is 24.2 Å². The molecule has 24 heavy (non-hydrogen) atoms. The third kappa shape index (κ3) is 5.93. The molecule has 0 spiro atoms. The molecule has 2 fully saturated rings. The smallest absolute Gasteiger partial charge is 0.132 e. The topological polar surface area (TPSA) is 118 Å². The first-order chi connectivity index (χ1) is 11.4. The van der Waals surface area contributed by atoms with Crippen LogP contribution in [0.2, 0.25) is 0 Å². The van der Waals surface area contributed by atoms with E-state index in [2.05, 4.69) is 10.9 Å². The predicted molar refractivity (Wildman–Crippen MR) is 93.9 cm³/mol. The Kier molecular flexibility index (Phi) is 8.46. The summed E-state index contributed by atoms with van der Waals surface area (Å²) in [5, 5.41) is 41.3. The third-order valence-corrected chi connectivity index (χ3v) is 6.37. The molecule has 10 nitrogen and oxygen atoms in total. The molecule has 0 amide bonds. The molecule has 0 saturated carbocycles. The lowest BCUT2D eigenvalue weighted by molar-refractivity contribution is 0.0596. The fourth-order valence-electron chi connectivity index (χ4n) is 2.55. The van der Waals surface area contributed by atoms with Crippen LogP contribution >= 0.6 is 21.6 Å². The molecule has 2 aliphatic heterocycles. The standard InChI is InChI=1S/C12H28N6O4S2/c1-15-7-17(3-9(21)5-19)11(13-15)23-24-12-14-16(2)8-18(12)4-10(22)6-20/h9-14,19-22H,3-8H2,1-2H3. The summed E-state index contributed by atoms with van der Waals surface area (Å²) in [6, 6.07) is 0. The molecule has 142 valence electrons. The number of nitrogens with one attached hydrogen (secondary N) is 2. The second-order valence-electron chi connectivity index (χ2n) is 6.05. The maximum Gasteiger partial charge on any atom is 0.132 e. The summed E-state index contributed by atoms with van der Waals surface area (Å²) in [6.07, 6.45) is -1.53. The van der Waals surface area contributed by atoms with E-state index in [9.17, 15) is 10.2 Å². The van der Waals surface area contributed by atoms with Crippen molar-refractivity contribution in [3.8, 4) is 0 Å². The molecule has 0 radical (unpaired) electrons. The summed E-state index contributed by atoms with van der Waals surface area (Å²) in [5.41, 5.74) is 6.53. The minimum absolute atomic E-state index is 0.0291. The zero-order valence-electron chi connectivity index (χ0n) is 13.9. The van der Waals surface area contributed by atoms with Gasteiger partial charge in [0.2, 0.25) is 0 Å². The second kappa shape index (κ2) is 9.85. The SMILES string of the molecule is CN1CN(CC(O)CO)C(SSC2NN(C)CN2CC(O)CO)N1. The minimum atomic E-state index is -0.765. The Hall–Kier alpha value is 0.300. The molecule has 2 saturated heterocycles. The van der Waals surface area contributed by atoms with Crippen molar-refractivity contribution in [2.75, 3.05) is 53.7 Å². The lowest BCUT2D eigenvalue weighted by Crippen LogP contribution is -2.41. The van der Waals surface area contributed by atoms with Gasteiger partial charge in [-0.1, -0.05) is 21.6 Å². The van der Waals surface area contributed by atoms with Crippen molar-refractivity contribution in [3.05, 3.63) is 0 Å². The van der Waals surface area contributed by atoms with Crippen LogP contribution in [0.3, 0.4) is 0 Å². The largest absolute Gasteiger partial charge is 0.394 e. The van der Waals surface area contributed by atoms with E-state index in [0.29, 0.717) is 26.4 Å². The van der Waals surface area contributed by atoms with Gasteiger partial charge >= 0.3 is 0 Å². The quantitative estimate of drug-likeness (QED) is 0.228. The highest BCUT2D eigenvalue weighted by atomic mass is 33.1. The highest BCUT2D eigenvalue weighted by molar-refractivity contribution is 8.77.